The van der Waals surface area contributed by atoms with Gasteiger partial charge in [0.05, 0.1) is 0 Å². The summed E-state index contributed by atoms with van der Waals surface area (Å²) in [6, 6.07) is 1.57. The maximum atomic E-state index is 5.79. The molecule has 2 rings (SSSR count). The van der Waals surface area contributed by atoms with E-state index in [1.54, 1.807) is 0 Å². The van der Waals surface area contributed by atoms with Crippen LogP contribution in [0.3, 0.4) is 0 Å². The van der Waals surface area contributed by atoms with Crippen LogP contribution in [0.25, 0.3) is 0 Å². The molecule has 3 nitrogen and oxygen atoms in total. The zero-order valence-electron chi connectivity index (χ0n) is 10.9. The van der Waals surface area contributed by atoms with Crippen molar-refractivity contribution < 1.29 is 0 Å². The van der Waals surface area contributed by atoms with Crippen LogP contribution in [-0.4, -0.2) is 55.1 Å². The van der Waals surface area contributed by atoms with E-state index < -0.39 is 0 Å². The van der Waals surface area contributed by atoms with Gasteiger partial charge in [-0.25, -0.2) is 0 Å². The van der Waals surface area contributed by atoms with E-state index in [2.05, 4.69) is 23.8 Å². The van der Waals surface area contributed by atoms with Gasteiger partial charge in [-0.2, -0.15) is 0 Å². The van der Waals surface area contributed by atoms with Gasteiger partial charge in [-0.05, 0) is 58.3 Å². The predicted octanol–water partition coefficient (Wildman–Crippen LogP) is 1.14. The van der Waals surface area contributed by atoms with Crippen LogP contribution in [0, 0.1) is 5.92 Å². The number of hydrogen-bond donors (Lipinski definition) is 1. The molecular formula is C13H27N3. The second kappa shape index (κ2) is 5.48. The Hall–Kier alpha value is -0.120. The summed E-state index contributed by atoms with van der Waals surface area (Å²) < 4.78 is 0. The van der Waals surface area contributed by atoms with E-state index in [0.29, 0.717) is 0 Å². The lowest BCUT2D eigenvalue weighted by molar-refractivity contribution is 0.0673. The Morgan fingerprint density at radius 3 is 2.69 bits per heavy atom. The van der Waals surface area contributed by atoms with Crippen LogP contribution in [-0.2, 0) is 0 Å². The Kier molecular flexibility index (Phi) is 4.22. The minimum absolute atomic E-state index is 0.765. The smallest absolute Gasteiger partial charge is 0.0223 e. The Bertz CT molecular complexity index is 217. The molecule has 1 aliphatic heterocycles. The molecule has 0 aromatic heterocycles. The van der Waals surface area contributed by atoms with Gasteiger partial charge < -0.3 is 10.6 Å². The monoisotopic (exact) mass is 225 g/mol. The van der Waals surface area contributed by atoms with Crippen molar-refractivity contribution in [1.82, 2.24) is 9.80 Å². The first kappa shape index (κ1) is 12.3. The van der Waals surface area contributed by atoms with Gasteiger partial charge in [0.1, 0.15) is 0 Å². The third-order valence-corrected chi connectivity index (χ3v) is 4.65. The number of likely N-dealkylation sites (N-methyl/N-ethyl adjacent to an activating group) is 2. The minimum Gasteiger partial charge on any atom is -0.330 e. The van der Waals surface area contributed by atoms with Gasteiger partial charge in [0.2, 0.25) is 0 Å². The van der Waals surface area contributed by atoms with E-state index in [-0.39, 0.29) is 0 Å². The SMILES string of the molecule is CCN1CCCC1CN(C)C1CCC1CN. The topological polar surface area (TPSA) is 32.5 Å². The first-order valence-corrected chi connectivity index (χ1v) is 6.90. The van der Waals surface area contributed by atoms with E-state index in [1.807, 2.05) is 0 Å². The largest absolute Gasteiger partial charge is 0.330 e. The van der Waals surface area contributed by atoms with Crippen LogP contribution in [0.2, 0.25) is 0 Å². The highest BCUT2D eigenvalue weighted by molar-refractivity contribution is 4.90. The fraction of sp³-hybridized carbons (Fsp3) is 1.00. The number of hydrogen-bond acceptors (Lipinski definition) is 3. The molecule has 94 valence electrons. The van der Waals surface area contributed by atoms with E-state index in [0.717, 1.165) is 24.5 Å². The lowest BCUT2D eigenvalue weighted by atomic mass is 9.78. The Morgan fingerprint density at radius 2 is 2.12 bits per heavy atom. The second-order valence-electron chi connectivity index (χ2n) is 5.50. The molecule has 3 heteroatoms. The van der Waals surface area contributed by atoms with Crippen molar-refractivity contribution in [3.8, 4) is 0 Å². The third kappa shape index (κ3) is 2.41. The summed E-state index contributed by atoms with van der Waals surface area (Å²) in [5.74, 6) is 0.765. The molecule has 0 radical (unpaired) electrons. The number of likely N-dealkylation sites (tertiary alicyclic amines) is 1. The molecule has 1 heterocycles. The molecule has 1 saturated carbocycles. The quantitative estimate of drug-likeness (QED) is 0.761. The summed E-state index contributed by atoms with van der Waals surface area (Å²) in [6.07, 6.45) is 5.47. The highest BCUT2D eigenvalue weighted by atomic mass is 15.2. The Balaban J connectivity index is 1.80. The summed E-state index contributed by atoms with van der Waals surface area (Å²) in [5.41, 5.74) is 5.79. The third-order valence-electron chi connectivity index (χ3n) is 4.65. The van der Waals surface area contributed by atoms with Gasteiger partial charge in [0, 0.05) is 18.6 Å². The molecule has 3 unspecified atom stereocenters. The first-order chi connectivity index (χ1) is 7.76. The molecule has 2 N–H and O–H groups in total. The number of rotatable bonds is 5. The second-order valence-corrected chi connectivity index (χ2v) is 5.50. The summed E-state index contributed by atoms with van der Waals surface area (Å²) in [6.45, 7) is 6.92. The highest BCUT2D eigenvalue weighted by Crippen LogP contribution is 2.31. The summed E-state index contributed by atoms with van der Waals surface area (Å²) in [7, 11) is 2.29. The maximum absolute atomic E-state index is 5.79. The molecule has 2 aliphatic rings. The van der Waals surface area contributed by atoms with Gasteiger partial charge in [-0.3, -0.25) is 4.90 Å². The van der Waals surface area contributed by atoms with E-state index in [9.17, 15) is 0 Å². The van der Waals surface area contributed by atoms with Crippen molar-refractivity contribution in [1.29, 1.82) is 0 Å². The van der Waals surface area contributed by atoms with E-state index in [1.165, 1.54) is 45.3 Å². The van der Waals surface area contributed by atoms with Crippen LogP contribution in [0.1, 0.15) is 32.6 Å². The molecule has 1 saturated heterocycles. The summed E-state index contributed by atoms with van der Waals surface area (Å²) in [5, 5.41) is 0. The van der Waals surface area contributed by atoms with Gasteiger partial charge in [0.25, 0.3) is 0 Å². The molecule has 1 aliphatic carbocycles. The van der Waals surface area contributed by atoms with Crippen molar-refractivity contribution in [3.05, 3.63) is 0 Å². The van der Waals surface area contributed by atoms with Gasteiger partial charge in [-0.1, -0.05) is 6.92 Å². The average molecular weight is 225 g/mol. The molecule has 0 bridgehead atoms. The molecule has 0 aromatic carbocycles. The van der Waals surface area contributed by atoms with Gasteiger partial charge in [0.15, 0.2) is 0 Å². The highest BCUT2D eigenvalue weighted by Gasteiger charge is 2.34. The summed E-state index contributed by atoms with van der Waals surface area (Å²) in [4.78, 5) is 5.20. The molecule has 0 spiro atoms. The minimum atomic E-state index is 0.765. The molecular weight excluding hydrogens is 198 g/mol. The fourth-order valence-corrected chi connectivity index (χ4v) is 3.39. The van der Waals surface area contributed by atoms with E-state index in [4.69, 9.17) is 5.73 Å². The van der Waals surface area contributed by atoms with Gasteiger partial charge >= 0.3 is 0 Å². The Morgan fingerprint density at radius 1 is 1.31 bits per heavy atom. The zero-order valence-corrected chi connectivity index (χ0v) is 10.9. The van der Waals surface area contributed by atoms with Crippen molar-refractivity contribution in [2.24, 2.45) is 11.7 Å². The molecule has 0 aromatic rings. The van der Waals surface area contributed by atoms with Crippen LogP contribution in [0.15, 0.2) is 0 Å². The standard InChI is InChI=1S/C13H27N3/c1-3-16-8-4-5-12(16)10-15(2)13-7-6-11(13)9-14/h11-13H,3-10,14H2,1-2H3. The molecule has 3 atom stereocenters. The number of nitrogens with two attached hydrogens (primary N) is 1. The van der Waals surface area contributed by atoms with Gasteiger partial charge in [-0.15, -0.1) is 0 Å². The predicted molar refractivity (Wildman–Crippen MR) is 68.5 cm³/mol. The zero-order chi connectivity index (χ0) is 11.5. The molecule has 2 fully saturated rings. The normalized spacial score (nSPS) is 35.6. The van der Waals surface area contributed by atoms with E-state index >= 15 is 0 Å². The lowest BCUT2D eigenvalue weighted by Gasteiger charge is -2.43. The van der Waals surface area contributed by atoms with Crippen LogP contribution < -0.4 is 5.73 Å². The summed E-state index contributed by atoms with van der Waals surface area (Å²) >= 11 is 0. The van der Waals surface area contributed by atoms with Crippen molar-refractivity contribution in [2.75, 3.05) is 33.2 Å². The van der Waals surface area contributed by atoms with Crippen LogP contribution >= 0.6 is 0 Å². The van der Waals surface area contributed by atoms with Crippen LogP contribution in [0.4, 0.5) is 0 Å². The Labute approximate surface area is 100.0 Å². The van der Waals surface area contributed by atoms with Crippen molar-refractivity contribution in [3.63, 3.8) is 0 Å². The first-order valence-electron chi connectivity index (χ1n) is 6.90. The average Bonchev–Trinajstić information content (AvgIpc) is 2.64. The fourth-order valence-electron chi connectivity index (χ4n) is 3.39. The number of nitrogens with zero attached hydrogens (tertiary/aromatic N) is 2. The maximum Gasteiger partial charge on any atom is 0.0223 e. The lowest BCUT2D eigenvalue weighted by Crippen LogP contribution is -2.51. The molecule has 16 heavy (non-hydrogen) atoms. The van der Waals surface area contributed by atoms with Crippen LogP contribution in [0.5, 0.6) is 0 Å². The van der Waals surface area contributed by atoms with Crippen molar-refractivity contribution in [2.45, 2.75) is 44.7 Å². The van der Waals surface area contributed by atoms with Crippen molar-refractivity contribution >= 4 is 0 Å². The molecule has 0 amide bonds.